The van der Waals surface area contributed by atoms with Gasteiger partial charge in [-0.1, -0.05) is 96.2 Å². The summed E-state index contributed by atoms with van der Waals surface area (Å²) in [5, 5.41) is 11.8. The Morgan fingerprint density at radius 3 is 2.21 bits per heavy atom. The summed E-state index contributed by atoms with van der Waals surface area (Å²) in [6, 6.07) is 11.8. The minimum atomic E-state index is -3.33. The van der Waals surface area contributed by atoms with Gasteiger partial charge in [-0.25, -0.2) is 13.2 Å². The smallest absolute Gasteiger partial charge is 0.326 e. The SMILES string of the molecule is CC.CC(CC1CCCCC1)C(=O)N1CCOCC1.CCc1ccc(C(=O)NC(CCS(C)(=O)=O)C(=O)O)c(-c2ccccc2C)c1. The van der Waals surface area contributed by atoms with E-state index in [0.29, 0.717) is 24.7 Å². The zero-order valence-electron chi connectivity index (χ0n) is 29.2. The van der Waals surface area contributed by atoms with E-state index in [9.17, 15) is 27.9 Å². The van der Waals surface area contributed by atoms with Gasteiger partial charge in [0.1, 0.15) is 15.9 Å². The fraction of sp³-hybridized carbons (Fsp3) is 0.595. The van der Waals surface area contributed by atoms with E-state index in [1.807, 2.05) is 69.0 Å². The van der Waals surface area contributed by atoms with Crippen molar-refractivity contribution >= 4 is 27.6 Å². The molecule has 2 aliphatic rings. The van der Waals surface area contributed by atoms with Gasteiger partial charge in [0, 0.05) is 30.8 Å². The van der Waals surface area contributed by atoms with Crippen LogP contribution in [0.3, 0.4) is 0 Å². The van der Waals surface area contributed by atoms with Crippen LogP contribution in [0.5, 0.6) is 0 Å². The van der Waals surface area contributed by atoms with Crippen molar-refractivity contribution in [1.82, 2.24) is 10.2 Å². The van der Waals surface area contributed by atoms with E-state index in [-0.39, 0.29) is 18.1 Å². The molecule has 1 saturated heterocycles. The standard InChI is InChI=1S/C21H25NO5S.C14H25NO2.C2H6/c1-4-15-9-10-17(18(13-15)16-8-6-5-7-14(16)2)20(23)22-19(21(24)25)11-12-28(3,26)27;1-12(11-13-5-3-2-4-6-13)14(16)15-7-9-17-10-8-15;1-2/h5-10,13,19H,4,11-12H2,1-3H3,(H,22,23)(H,24,25);12-13H,2-11H2,1H3;1-2H3. The molecule has 10 heteroatoms. The van der Waals surface area contributed by atoms with Crippen molar-refractivity contribution in [1.29, 1.82) is 0 Å². The molecule has 4 rings (SSSR count). The number of nitrogens with one attached hydrogen (secondary N) is 1. The molecule has 1 heterocycles. The molecule has 0 spiro atoms. The van der Waals surface area contributed by atoms with E-state index >= 15 is 0 Å². The first-order valence-electron chi connectivity index (χ1n) is 17.2. The van der Waals surface area contributed by atoms with E-state index in [1.54, 1.807) is 6.07 Å². The molecule has 9 nitrogen and oxygen atoms in total. The van der Waals surface area contributed by atoms with E-state index in [1.165, 1.54) is 32.1 Å². The summed E-state index contributed by atoms with van der Waals surface area (Å²) in [6.45, 7) is 13.1. The number of carbonyl (C=O) groups is 3. The Bertz CT molecular complexity index is 1400. The molecule has 2 fully saturated rings. The van der Waals surface area contributed by atoms with Gasteiger partial charge < -0.3 is 20.1 Å². The molecule has 1 aliphatic heterocycles. The topological polar surface area (TPSA) is 130 Å². The number of carbonyl (C=O) groups excluding carboxylic acids is 2. The number of aliphatic carboxylic acids is 1. The Labute approximate surface area is 282 Å². The molecule has 47 heavy (non-hydrogen) atoms. The largest absolute Gasteiger partial charge is 0.480 e. The molecule has 0 aromatic heterocycles. The summed E-state index contributed by atoms with van der Waals surface area (Å²) in [7, 11) is -3.33. The molecule has 2 unspecified atom stereocenters. The normalized spacial score (nSPS) is 16.4. The third-order valence-corrected chi connectivity index (χ3v) is 9.69. The first kappa shape index (κ1) is 39.9. The van der Waals surface area contributed by atoms with Crippen molar-refractivity contribution in [2.45, 2.75) is 92.0 Å². The summed E-state index contributed by atoms with van der Waals surface area (Å²) in [5.41, 5.74) is 4.03. The average Bonchev–Trinajstić information content (AvgIpc) is 3.07. The quantitative estimate of drug-likeness (QED) is 0.286. The van der Waals surface area contributed by atoms with Crippen LogP contribution in [0.15, 0.2) is 42.5 Å². The van der Waals surface area contributed by atoms with Gasteiger partial charge in [-0.05, 0) is 60.4 Å². The van der Waals surface area contributed by atoms with Gasteiger partial charge in [0.05, 0.1) is 19.0 Å². The molecule has 0 bridgehead atoms. The van der Waals surface area contributed by atoms with Crippen LogP contribution in [-0.2, 0) is 30.6 Å². The molecule has 0 radical (unpaired) electrons. The van der Waals surface area contributed by atoms with Crippen LogP contribution in [-0.4, -0.2) is 80.6 Å². The highest BCUT2D eigenvalue weighted by molar-refractivity contribution is 7.90. The Kier molecular flexibility index (Phi) is 17.2. The molecule has 2 amide bonds. The number of hydrogen-bond donors (Lipinski definition) is 2. The molecule has 2 N–H and O–H groups in total. The maximum atomic E-state index is 12.9. The number of ether oxygens (including phenoxy) is 1. The summed E-state index contributed by atoms with van der Waals surface area (Å²) in [5.74, 6) is -0.774. The molecule has 262 valence electrons. The number of nitrogens with zero attached hydrogens (tertiary/aromatic N) is 1. The first-order valence-corrected chi connectivity index (χ1v) is 19.2. The lowest BCUT2D eigenvalue weighted by molar-refractivity contribution is -0.140. The highest BCUT2D eigenvalue weighted by Crippen LogP contribution is 2.30. The second-order valence-electron chi connectivity index (χ2n) is 12.4. The van der Waals surface area contributed by atoms with Crippen LogP contribution >= 0.6 is 0 Å². The van der Waals surface area contributed by atoms with Gasteiger partial charge >= 0.3 is 5.97 Å². The monoisotopic (exact) mass is 672 g/mol. The van der Waals surface area contributed by atoms with Gasteiger partial charge in [0.25, 0.3) is 5.91 Å². The van der Waals surface area contributed by atoms with Gasteiger partial charge in [-0.3, -0.25) is 9.59 Å². The van der Waals surface area contributed by atoms with Crippen LogP contribution in [0.4, 0.5) is 0 Å². The van der Waals surface area contributed by atoms with Crippen molar-refractivity contribution in [2.75, 3.05) is 38.3 Å². The number of sulfone groups is 1. The number of benzene rings is 2. The Balaban J connectivity index is 0.000000344. The zero-order chi connectivity index (χ0) is 35.0. The van der Waals surface area contributed by atoms with Crippen LogP contribution < -0.4 is 5.32 Å². The maximum absolute atomic E-state index is 12.9. The van der Waals surface area contributed by atoms with E-state index in [0.717, 1.165) is 60.4 Å². The summed E-state index contributed by atoms with van der Waals surface area (Å²) in [6.07, 6.45) is 9.53. The van der Waals surface area contributed by atoms with Crippen LogP contribution in [0.2, 0.25) is 0 Å². The van der Waals surface area contributed by atoms with E-state index < -0.39 is 27.8 Å². The molecular weight excluding hydrogens is 616 g/mol. The predicted octanol–water partition coefficient (Wildman–Crippen LogP) is 6.32. The lowest BCUT2D eigenvalue weighted by Gasteiger charge is -2.31. The third-order valence-electron chi connectivity index (χ3n) is 8.71. The van der Waals surface area contributed by atoms with Crippen molar-refractivity contribution in [3.63, 3.8) is 0 Å². The number of rotatable bonds is 11. The number of morpholine rings is 1. The fourth-order valence-electron chi connectivity index (χ4n) is 6.05. The number of aryl methyl sites for hydroxylation is 2. The predicted molar refractivity (Wildman–Crippen MR) is 188 cm³/mol. The first-order chi connectivity index (χ1) is 22.4. The fourth-order valence-corrected chi connectivity index (χ4v) is 6.72. The highest BCUT2D eigenvalue weighted by atomic mass is 32.2. The summed E-state index contributed by atoms with van der Waals surface area (Å²) < 4.78 is 28.0. The number of carboxylic acid groups (broad SMARTS) is 1. The Morgan fingerprint density at radius 2 is 1.64 bits per heavy atom. The van der Waals surface area contributed by atoms with Gasteiger partial charge in [-0.15, -0.1) is 0 Å². The summed E-state index contributed by atoms with van der Waals surface area (Å²) >= 11 is 0. The second-order valence-corrected chi connectivity index (χ2v) is 14.7. The third kappa shape index (κ3) is 13.4. The van der Waals surface area contributed by atoms with Crippen molar-refractivity contribution in [3.8, 4) is 11.1 Å². The van der Waals surface area contributed by atoms with Gasteiger partial charge in [0.2, 0.25) is 5.91 Å². The minimum absolute atomic E-state index is 0.188. The van der Waals surface area contributed by atoms with E-state index in [4.69, 9.17) is 4.74 Å². The number of amides is 2. The molecule has 2 atom stereocenters. The van der Waals surface area contributed by atoms with E-state index in [2.05, 4.69) is 12.2 Å². The Morgan fingerprint density at radius 1 is 1.00 bits per heavy atom. The molecule has 2 aromatic rings. The molecule has 1 saturated carbocycles. The highest BCUT2D eigenvalue weighted by Gasteiger charge is 2.26. The molecular formula is C37H56N2O7S. The van der Waals surface area contributed by atoms with Crippen molar-refractivity contribution in [3.05, 3.63) is 59.2 Å². The number of hydrogen-bond acceptors (Lipinski definition) is 6. The lowest BCUT2D eigenvalue weighted by Crippen LogP contribution is -2.43. The lowest BCUT2D eigenvalue weighted by atomic mass is 9.83. The maximum Gasteiger partial charge on any atom is 0.326 e. The van der Waals surface area contributed by atoms with Crippen LogP contribution in [0, 0.1) is 18.8 Å². The van der Waals surface area contributed by atoms with Crippen molar-refractivity contribution < 1.29 is 32.6 Å². The van der Waals surface area contributed by atoms with Crippen LogP contribution in [0.1, 0.15) is 94.1 Å². The summed E-state index contributed by atoms with van der Waals surface area (Å²) in [4.78, 5) is 38.6. The molecule has 1 aliphatic carbocycles. The second kappa shape index (κ2) is 20.2. The van der Waals surface area contributed by atoms with Crippen LogP contribution in [0.25, 0.3) is 11.1 Å². The van der Waals surface area contributed by atoms with Gasteiger partial charge in [-0.2, -0.15) is 0 Å². The zero-order valence-corrected chi connectivity index (χ0v) is 30.0. The average molecular weight is 673 g/mol. The number of carboxylic acids is 1. The minimum Gasteiger partial charge on any atom is -0.480 e. The Hall–Kier alpha value is -3.24. The van der Waals surface area contributed by atoms with Crippen molar-refractivity contribution in [2.24, 2.45) is 11.8 Å². The molecule has 2 aromatic carbocycles. The van der Waals surface area contributed by atoms with Gasteiger partial charge in [0.15, 0.2) is 0 Å².